The van der Waals surface area contributed by atoms with Crippen molar-refractivity contribution in [3.05, 3.63) is 69.0 Å². The van der Waals surface area contributed by atoms with E-state index in [9.17, 15) is 9.59 Å². The molecule has 192 valence electrons. The summed E-state index contributed by atoms with van der Waals surface area (Å²) in [4.78, 5) is 32.8. The van der Waals surface area contributed by atoms with Crippen LogP contribution in [-0.4, -0.2) is 54.1 Å². The summed E-state index contributed by atoms with van der Waals surface area (Å²) in [5.41, 5.74) is 0.137. The summed E-state index contributed by atoms with van der Waals surface area (Å²) in [5.74, 6) is 0. The van der Waals surface area contributed by atoms with E-state index in [1.807, 2.05) is 42.3 Å². The van der Waals surface area contributed by atoms with Crippen molar-refractivity contribution in [1.82, 2.24) is 14.6 Å². The molecule has 4 rings (SSSR count). The molecule has 2 aliphatic rings. The Balaban J connectivity index is 1.66. The molecule has 2 aromatic rings. The predicted octanol–water partition coefficient (Wildman–Crippen LogP) is 3.39. The van der Waals surface area contributed by atoms with Crippen LogP contribution in [0.4, 0.5) is 0 Å². The number of hydrogen-bond donors (Lipinski definition) is 1. The molecule has 3 heterocycles. The number of nitrogens with one attached hydrogen (secondary N) is 1. The molecule has 0 amide bonds. The Bertz CT molecular complexity index is 1110. The van der Waals surface area contributed by atoms with Crippen LogP contribution in [0.3, 0.4) is 0 Å². The molecule has 0 bridgehead atoms. The Morgan fingerprint density at radius 3 is 2.51 bits per heavy atom. The molecule has 0 saturated carbocycles. The van der Waals surface area contributed by atoms with Gasteiger partial charge in [0.05, 0.1) is 18.8 Å². The van der Waals surface area contributed by atoms with Crippen molar-refractivity contribution >= 4 is 8.32 Å². The van der Waals surface area contributed by atoms with E-state index in [2.05, 4.69) is 38.8 Å². The van der Waals surface area contributed by atoms with Crippen molar-refractivity contribution in [2.75, 3.05) is 6.61 Å². The molecule has 35 heavy (non-hydrogen) atoms. The molecule has 0 radical (unpaired) electrons. The summed E-state index contributed by atoms with van der Waals surface area (Å²) in [6, 6.07) is 11.2. The van der Waals surface area contributed by atoms with Gasteiger partial charge >= 0.3 is 5.69 Å². The summed E-state index contributed by atoms with van der Waals surface area (Å²) >= 11 is 0. The quantitative estimate of drug-likeness (QED) is 0.604. The number of aromatic amines is 1. The van der Waals surface area contributed by atoms with E-state index >= 15 is 0 Å². The third kappa shape index (κ3) is 5.84. The standard InChI is InChI=1S/C25H37N3O6Si/c1-17-31-16-20(34-35(5,6)25(2,3)4)23(32-17)19-14-22(27-13-12-21(29)26-24(27)30)33-28(19)15-18-10-8-7-9-11-18/h7-13,17,19-20,22-23H,14-16H2,1-6H3,(H,26,29,30)/t17-,19+,20+,22+,23+/m0/s1. The van der Waals surface area contributed by atoms with E-state index < -0.39 is 25.8 Å². The smallest absolute Gasteiger partial charge is 0.330 e. The molecule has 1 aromatic heterocycles. The lowest BCUT2D eigenvalue weighted by molar-refractivity contribution is -0.274. The zero-order chi connectivity index (χ0) is 25.4. The maximum atomic E-state index is 12.5. The molecule has 2 saturated heterocycles. The zero-order valence-corrected chi connectivity index (χ0v) is 22.4. The summed E-state index contributed by atoms with van der Waals surface area (Å²) in [5, 5.41) is 1.92. The number of H-pyrrole nitrogens is 1. The van der Waals surface area contributed by atoms with Gasteiger partial charge < -0.3 is 13.9 Å². The minimum Gasteiger partial charge on any atom is -0.409 e. The van der Waals surface area contributed by atoms with Gasteiger partial charge in [0, 0.05) is 25.2 Å². The summed E-state index contributed by atoms with van der Waals surface area (Å²) in [7, 11) is -2.11. The van der Waals surface area contributed by atoms with Crippen molar-refractivity contribution in [1.29, 1.82) is 0 Å². The Kier molecular flexibility index (Phi) is 7.51. The predicted molar refractivity (Wildman–Crippen MR) is 134 cm³/mol. The van der Waals surface area contributed by atoms with E-state index in [1.165, 1.54) is 16.8 Å². The van der Waals surface area contributed by atoms with Crippen LogP contribution in [0.15, 0.2) is 52.2 Å². The van der Waals surface area contributed by atoms with Crippen molar-refractivity contribution in [3.8, 4) is 0 Å². The first-order valence-electron chi connectivity index (χ1n) is 12.2. The van der Waals surface area contributed by atoms with Gasteiger partial charge in [0.2, 0.25) is 0 Å². The van der Waals surface area contributed by atoms with Gasteiger partial charge in [-0.05, 0) is 30.6 Å². The Morgan fingerprint density at radius 1 is 1.14 bits per heavy atom. The van der Waals surface area contributed by atoms with Crippen molar-refractivity contribution in [3.63, 3.8) is 0 Å². The highest BCUT2D eigenvalue weighted by Crippen LogP contribution is 2.41. The van der Waals surface area contributed by atoms with Crippen molar-refractivity contribution < 1.29 is 18.7 Å². The van der Waals surface area contributed by atoms with E-state index in [1.54, 1.807) is 0 Å². The number of hydroxylamine groups is 2. The molecule has 2 fully saturated rings. The highest BCUT2D eigenvalue weighted by Gasteiger charge is 2.49. The number of rotatable bonds is 6. The van der Waals surface area contributed by atoms with Crippen LogP contribution in [0.2, 0.25) is 18.1 Å². The van der Waals surface area contributed by atoms with Gasteiger partial charge in [-0.2, -0.15) is 5.06 Å². The lowest BCUT2D eigenvalue weighted by Crippen LogP contribution is -2.57. The van der Waals surface area contributed by atoms with Gasteiger partial charge in [0.25, 0.3) is 5.56 Å². The van der Waals surface area contributed by atoms with Gasteiger partial charge in [-0.15, -0.1) is 0 Å². The topological polar surface area (TPSA) is 95.0 Å². The average Bonchev–Trinajstić information content (AvgIpc) is 3.18. The second-order valence-corrected chi connectivity index (χ2v) is 15.6. The summed E-state index contributed by atoms with van der Waals surface area (Å²) in [6.45, 7) is 13.9. The number of aromatic nitrogens is 2. The lowest BCUT2D eigenvalue weighted by atomic mass is 10.0. The van der Waals surface area contributed by atoms with Crippen LogP contribution in [0.1, 0.15) is 45.9 Å². The molecule has 2 aliphatic heterocycles. The monoisotopic (exact) mass is 503 g/mol. The molecule has 0 spiro atoms. The van der Waals surface area contributed by atoms with Crippen molar-refractivity contribution in [2.24, 2.45) is 0 Å². The van der Waals surface area contributed by atoms with Crippen LogP contribution in [0.5, 0.6) is 0 Å². The van der Waals surface area contributed by atoms with Gasteiger partial charge in [0.1, 0.15) is 6.10 Å². The van der Waals surface area contributed by atoms with Crippen molar-refractivity contribution in [2.45, 2.75) is 89.6 Å². The number of benzene rings is 1. The first kappa shape index (κ1) is 26.0. The van der Waals surface area contributed by atoms with Gasteiger partial charge in [-0.1, -0.05) is 51.1 Å². The Labute approximate surface area is 207 Å². The average molecular weight is 504 g/mol. The van der Waals surface area contributed by atoms with Gasteiger partial charge in [0.15, 0.2) is 20.8 Å². The molecule has 10 heteroatoms. The minimum atomic E-state index is -2.11. The molecule has 0 aliphatic carbocycles. The fourth-order valence-electron chi connectivity index (χ4n) is 4.30. The van der Waals surface area contributed by atoms with E-state index in [0.29, 0.717) is 19.6 Å². The van der Waals surface area contributed by atoms with Gasteiger partial charge in [-0.3, -0.25) is 19.2 Å². The summed E-state index contributed by atoms with van der Waals surface area (Å²) in [6.07, 6.45) is 0.417. The third-order valence-electron chi connectivity index (χ3n) is 7.25. The number of nitrogens with zero attached hydrogens (tertiary/aromatic N) is 2. The SMILES string of the molecule is C[C@H]1OC[C@@H](O[Si](C)(C)C(C)(C)C)[C@@H]([C@H]2C[C@H](n3ccc(=O)[nH]c3=O)ON2Cc2ccccc2)O1. The molecule has 1 aromatic carbocycles. The molecular weight excluding hydrogens is 466 g/mol. The number of ether oxygens (including phenoxy) is 2. The van der Waals surface area contributed by atoms with Crippen LogP contribution in [0, 0.1) is 0 Å². The maximum Gasteiger partial charge on any atom is 0.330 e. The molecule has 9 nitrogen and oxygen atoms in total. The molecular formula is C25H37N3O6Si. The lowest BCUT2D eigenvalue weighted by Gasteiger charge is -2.45. The van der Waals surface area contributed by atoms with Crippen LogP contribution in [-0.2, 0) is 25.3 Å². The second kappa shape index (κ2) is 10.1. The Hall–Kier alpha value is -2.08. The zero-order valence-electron chi connectivity index (χ0n) is 21.4. The van der Waals surface area contributed by atoms with E-state index in [4.69, 9.17) is 18.7 Å². The molecule has 5 atom stereocenters. The van der Waals surface area contributed by atoms with E-state index in [-0.39, 0.29) is 29.6 Å². The highest BCUT2D eigenvalue weighted by atomic mass is 28.4. The molecule has 0 unspecified atom stereocenters. The Morgan fingerprint density at radius 2 is 1.86 bits per heavy atom. The van der Waals surface area contributed by atoms with Gasteiger partial charge in [-0.25, -0.2) is 4.79 Å². The third-order valence-corrected chi connectivity index (χ3v) is 11.8. The fourth-order valence-corrected chi connectivity index (χ4v) is 5.62. The van der Waals surface area contributed by atoms with E-state index in [0.717, 1.165) is 5.56 Å². The second-order valence-electron chi connectivity index (χ2n) is 10.9. The fraction of sp³-hybridized carbons (Fsp3) is 0.600. The van der Waals surface area contributed by atoms with Crippen LogP contribution < -0.4 is 11.2 Å². The van der Waals surface area contributed by atoms with Crippen LogP contribution >= 0.6 is 0 Å². The highest BCUT2D eigenvalue weighted by molar-refractivity contribution is 6.74. The first-order valence-corrected chi connectivity index (χ1v) is 15.1. The molecule has 1 N–H and O–H groups in total. The minimum absolute atomic E-state index is 0.0300. The normalized spacial score (nSPS) is 28.3. The number of hydrogen-bond acceptors (Lipinski definition) is 7. The maximum absolute atomic E-state index is 12.5. The first-order chi connectivity index (χ1) is 16.4. The van der Waals surface area contributed by atoms with Crippen LogP contribution in [0.25, 0.3) is 0 Å². The summed E-state index contributed by atoms with van der Waals surface area (Å²) < 4.78 is 20.4. The largest absolute Gasteiger partial charge is 0.409 e.